The van der Waals surface area contributed by atoms with Crippen molar-refractivity contribution in [2.24, 2.45) is 0 Å². The van der Waals surface area contributed by atoms with Crippen LogP contribution in [0.3, 0.4) is 0 Å². The summed E-state index contributed by atoms with van der Waals surface area (Å²) in [7, 11) is 1.61. The molecule has 0 bridgehead atoms. The molecule has 1 saturated heterocycles. The van der Waals surface area contributed by atoms with Crippen molar-refractivity contribution >= 4 is 17.3 Å². The number of ether oxygens (including phenoxy) is 2. The van der Waals surface area contributed by atoms with E-state index in [9.17, 15) is 10.1 Å². The summed E-state index contributed by atoms with van der Waals surface area (Å²) >= 11 is 0. The van der Waals surface area contributed by atoms with Crippen LogP contribution < -0.4 is 10.2 Å². The molecule has 1 aromatic rings. The molecular weight excluding hydrogens is 278 g/mol. The number of nitrogens with zero attached hydrogens (tertiary/aromatic N) is 4. The van der Waals surface area contributed by atoms with E-state index in [-0.39, 0.29) is 11.5 Å². The van der Waals surface area contributed by atoms with Crippen LogP contribution in [-0.4, -0.2) is 61.5 Å². The summed E-state index contributed by atoms with van der Waals surface area (Å²) in [6.45, 7) is 3.38. The second-order valence-corrected chi connectivity index (χ2v) is 4.52. The number of aromatic nitrogens is 2. The van der Waals surface area contributed by atoms with E-state index in [1.165, 1.54) is 6.33 Å². The Morgan fingerprint density at radius 1 is 1.48 bits per heavy atom. The number of hydrogen-bond donors (Lipinski definition) is 1. The van der Waals surface area contributed by atoms with E-state index in [0.717, 1.165) is 6.42 Å². The lowest BCUT2D eigenvalue weighted by Gasteiger charge is -2.27. The van der Waals surface area contributed by atoms with E-state index < -0.39 is 4.92 Å². The number of hydrogen-bond acceptors (Lipinski definition) is 8. The van der Waals surface area contributed by atoms with Gasteiger partial charge in [0.2, 0.25) is 11.6 Å². The van der Waals surface area contributed by atoms with E-state index in [4.69, 9.17) is 9.47 Å². The van der Waals surface area contributed by atoms with Crippen LogP contribution in [0.25, 0.3) is 0 Å². The van der Waals surface area contributed by atoms with Gasteiger partial charge in [0, 0.05) is 33.4 Å². The first-order chi connectivity index (χ1) is 10.2. The molecule has 0 spiro atoms. The Labute approximate surface area is 122 Å². The molecule has 2 rings (SSSR count). The van der Waals surface area contributed by atoms with E-state index in [1.807, 2.05) is 4.90 Å². The SMILES string of the molecule is COCCCNc1ncnc(N2CCOCC2)c1[N+](=O)[O-]. The van der Waals surface area contributed by atoms with Gasteiger partial charge in [-0.3, -0.25) is 10.1 Å². The van der Waals surface area contributed by atoms with Gasteiger partial charge in [0.1, 0.15) is 6.33 Å². The largest absolute Gasteiger partial charge is 0.385 e. The maximum Gasteiger partial charge on any atom is 0.353 e. The topological polar surface area (TPSA) is 103 Å². The van der Waals surface area contributed by atoms with Crippen LogP contribution >= 0.6 is 0 Å². The lowest BCUT2D eigenvalue weighted by atomic mass is 10.3. The Morgan fingerprint density at radius 2 is 2.24 bits per heavy atom. The summed E-state index contributed by atoms with van der Waals surface area (Å²) in [5, 5.41) is 14.4. The molecule has 1 aliphatic rings. The maximum absolute atomic E-state index is 11.4. The van der Waals surface area contributed by atoms with Crippen LogP contribution in [0.15, 0.2) is 6.33 Å². The molecule has 0 saturated carbocycles. The predicted molar refractivity (Wildman–Crippen MR) is 76.7 cm³/mol. The zero-order chi connectivity index (χ0) is 15.1. The summed E-state index contributed by atoms with van der Waals surface area (Å²) in [6.07, 6.45) is 2.08. The third kappa shape index (κ3) is 3.99. The third-order valence-electron chi connectivity index (χ3n) is 3.11. The first-order valence-corrected chi connectivity index (χ1v) is 6.79. The highest BCUT2D eigenvalue weighted by atomic mass is 16.6. The lowest BCUT2D eigenvalue weighted by molar-refractivity contribution is -0.383. The molecule has 2 heterocycles. The molecule has 0 atom stereocenters. The molecule has 1 fully saturated rings. The van der Waals surface area contributed by atoms with Crippen molar-refractivity contribution in [3.05, 3.63) is 16.4 Å². The summed E-state index contributed by atoms with van der Waals surface area (Å²) in [5.74, 6) is 0.583. The van der Waals surface area contributed by atoms with Crippen LogP contribution in [0, 0.1) is 10.1 Å². The lowest BCUT2D eigenvalue weighted by Crippen LogP contribution is -2.37. The van der Waals surface area contributed by atoms with Gasteiger partial charge in [0.15, 0.2) is 0 Å². The van der Waals surface area contributed by atoms with Crippen molar-refractivity contribution in [1.82, 2.24) is 9.97 Å². The highest BCUT2D eigenvalue weighted by Crippen LogP contribution is 2.31. The highest BCUT2D eigenvalue weighted by Gasteiger charge is 2.27. The van der Waals surface area contributed by atoms with Gasteiger partial charge >= 0.3 is 5.69 Å². The fraction of sp³-hybridized carbons (Fsp3) is 0.667. The molecule has 0 amide bonds. The van der Waals surface area contributed by atoms with E-state index in [1.54, 1.807) is 7.11 Å². The summed E-state index contributed by atoms with van der Waals surface area (Å²) < 4.78 is 10.2. The Bertz CT molecular complexity index is 479. The minimum absolute atomic E-state index is 0.0863. The summed E-state index contributed by atoms with van der Waals surface area (Å²) in [4.78, 5) is 20.9. The first kappa shape index (κ1) is 15.4. The van der Waals surface area contributed by atoms with Gasteiger partial charge in [0.25, 0.3) is 0 Å². The zero-order valence-electron chi connectivity index (χ0n) is 11.9. The zero-order valence-corrected chi connectivity index (χ0v) is 11.9. The van der Waals surface area contributed by atoms with Crippen molar-refractivity contribution in [3.8, 4) is 0 Å². The Morgan fingerprint density at radius 3 is 2.90 bits per heavy atom. The van der Waals surface area contributed by atoms with Crippen molar-refractivity contribution in [1.29, 1.82) is 0 Å². The molecule has 1 aromatic heterocycles. The molecule has 21 heavy (non-hydrogen) atoms. The van der Waals surface area contributed by atoms with Gasteiger partial charge in [-0.25, -0.2) is 9.97 Å². The molecule has 0 unspecified atom stereocenters. The minimum atomic E-state index is -0.441. The van der Waals surface area contributed by atoms with Crippen LogP contribution in [0.5, 0.6) is 0 Å². The van der Waals surface area contributed by atoms with Crippen molar-refractivity contribution in [3.63, 3.8) is 0 Å². The maximum atomic E-state index is 11.4. The van der Waals surface area contributed by atoms with Gasteiger partial charge in [-0.2, -0.15) is 0 Å². The average Bonchev–Trinajstić information content (AvgIpc) is 2.52. The second kappa shape index (κ2) is 7.70. The van der Waals surface area contributed by atoms with E-state index in [0.29, 0.717) is 45.3 Å². The number of morpholine rings is 1. The predicted octanol–water partition coefficient (Wildman–Crippen LogP) is 0.670. The molecule has 9 heteroatoms. The Balaban J connectivity index is 2.17. The molecule has 0 radical (unpaired) electrons. The molecule has 9 nitrogen and oxygen atoms in total. The normalized spacial score (nSPS) is 15.0. The van der Waals surface area contributed by atoms with Crippen LogP contribution in [0.4, 0.5) is 17.3 Å². The molecule has 0 aliphatic carbocycles. The van der Waals surface area contributed by atoms with Gasteiger partial charge < -0.3 is 19.7 Å². The number of rotatable bonds is 7. The Kier molecular flexibility index (Phi) is 5.64. The van der Waals surface area contributed by atoms with Crippen LogP contribution in [-0.2, 0) is 9.47 Å². The van der Waals surface area contributed by atoms with Crippen LogP contribution in [0.2, 0.25) is 0 Å². The van der Waals surface area contributed by atoms with Crippen molar-refractivity contribution in [2.45, 2.75) is 6.42 Å². The number of anilines is 2. The summed E-state index contributed by atoms with van der Waals surface area (Å²) in [5.41, 5.74) is -0.0863. The molecule has 0 aromatic carbocycles. The monoisotopic (exact) mass is 297 g/mol. The van der Waals surface area contributed by atoms with E-state index in [2.05, 4.69) is 15.3 Å². The van der Waals surface area contributed by atoms with Gasteiger partial charge in [-0.1, -0.05) is 0 Å². The number of nitro groups is 1. The molecule has 1 aliphatic heterocycles. The second-order valence-electron chi connectivity index (χ2n) is 4.52. The van der Waals surface area contributed by atoms with Crippen molar-refractivity contribution < 1.29 is 14.4 Å². The molecule has 116 valence electrons. The quantitative estimate of drug-likeness (QED) is 0.445. The minimum Gasteiger partial charge on any atom is -0.385 e. The first-order valence-electron chi connectivity index (χ1n) is 6.79. The number of methoxy groups -OCH3 is 1. The van der Waals surface area contributed by atoms with Crippen molar-refractivity contribution in [2.75, 3.05) is 56.8 Å². The van der Waals surface area contributed by atoms with E-state index >= 15 is 0 Å². The fourth-order valence-corrected chi connectivity index (χ4v) is 2.10. The Hall–Kier alpha value is -2.00. The fourth-order valence-electron chi connectivity index (χ4n) is 2.10. The van der Waals surface area contributed by atoms with Gasteiger partial charge in [-0.15, -0.1) is 0 Å². The standard InChI is InChI=1S/C12H19N5O4/c1-20-6-2-3-13-11-10(17(18)19)12(15-9-14-11)16-4-7-21-8-5-16/h9H,2-8H2,1H3,(H,13,14,15). The smallest absolute Gasteiger partial charge is 0.353 e. The third-order valence-corrected chi connectivity index (χ3v) is 3.11. The average molecular weight is 297 g/mol. The highest BCUT2D eigenvalue weighted by molar-refractivity contribution is 5.70. The molecule has 1 N–H and O–H groups in total. The number of nitrogens with one attached hydrogen (secondary N) is 1. The van der Waals surface area contributed by atoms with Gasteiger partial charge in [-0.05, 0) is 6.42 Å². The van der Waals surface area contributed by atoms with Gasteiger partial charge in [0.05, 0.1) is 18.1 Å². The summed E-state index contributed by atoms with van der Waals surface area (Å²) in [6, 6.07) is 0. The van der Waals surface area contributed by atoms with Crippen LogP contribution in [0.1, 0.15) is 6.42 Å². The molecular formula is C12H19N5O4.